The minimum atomic E-state index is -3.51. The topological polar surface area (TPSA) is 89.7 Å². The number of nitrogens with zero attached hydrogens (tertiary/aromatic N) is 2. The molecule has 144 valence electrons. The first kappa shape index (κ1) is 18.2. The molecule has 2 heterocycles. The van der Waals surface area contributed by atoms with Gasteiger partial charge in [0.1, 0.15) is 11.0 Å². The lowest BCUT2D eigenvalue weighted by molar-refractivity contribution is 0.0648. The summed E-state index contributed by atoms with van der Waals surface area (Å²) in [7, 11) is -1.99. The highest BCUT2D eigenvalue weighted by Crippen LogP contribution is 2.27. The summed E-state index contributed by atoms with van der Waals surface area (Å²) in [6.45, 7) is 0.251. The van der Waals surface area contributed by atoms with E-state index in [0.717, 1.165) is 5.56 Å². The van der Waals surface area contributed by atoms with Gasteiger partial charge in [-0.2, -0.15) is 0 Å². The van der Waals surface area contributed by atoms with Gasteiger partial charge >= 0.3 is 0 Å². The SMILES string of the molecule is COc1ccc(S(=O)(=O)C2CN(C(=O)c3cc(-c4ccccc4)on3)C2)cc1. The van der Waals surface area contributed by atoms with Gasteiger partial charge in [0.15, 0.2) is 21.3 Å². The predicted octanol–water partition coefficient (Wildman–Crippen LogP) is 2.65. The van der Waals surface area contributed by atoms with Gasteiger partial charge < -0.3 is 14.2 Å². The Morgan fingerprint density at radius 3 is 2.43 bits per heavy atom. The molecule has 0 aliphatic carbocycles. The average Bonchev–Trinajstić information content (AvgIpc) is 3.17. The summed E-state index contributed by atoms with van der Waals surface area (Å²) in [5.74, 6) is 0.739. The third-order valence-electron chi connectivity index (χ3n) is 4.75. The van der Waals surface area contributed by atoms with Crippen LogP contribution in [-0.4, -0.2) is 49.8 Å². The lowest BCUT2D eigenvalue weighted by Crippen LogP contribution is -2.56. The normalized spacial score (nSPS) is 14.5. The zero-order valence-corrected chi connectivity index (χ0v) is 15.9. The second kappa shape index (κ2) is 7.12. The number of aromatic nitrogens is 1. The molecule has 8 heteroatoms. The van der Waals surface area contributed by atoms with Crippen LogP contribution >= 0.6 is 0 Å². The van der Waals surface area contributed by atoms with Gasteiger partial charge in [0.25, 0.3) is 5.91 Å². The Labute approximate surface area is 162 Å². The first-order valence-electron chi connectivity index (χ1n) is 8.68. The molecule has 0 saturated carbocycles. The van der Waals surface area contributed by atoms with Crippen molar-refractivity contribution in [2.75, 3.05) is 20.2 Å². The Balaban J connectivity index is 1.43. The fourth-order valence-corrected chi connectivity index (χ4v) is 4.69. The number of amides is 1. The van der Waals surface area contributed by atoms with Crippen molar-refractivity contribution in [3.63, 3.8) is 0 Å². The highest BCUT2D eigenvalue weighted by atomic mass is 32.2. The Morgan fingerprint density at radius 2 is 1.79 bits per heavy atom. The molecule has 0 bridgehead atoms. The Kier molecular flexibility index (Phi) is 4.64. The van der Waals surface area contributed by atoms with Crippen molar-refractivity contribution >= 4 is 15.7 Å². The molecule has 1 aliphatic rings. The number of benzene rings is 2. The van der Waals surface area contributed by atoms with E-state index in [1.165, 1.54) is 24.1 Å². The van der Waals surface area contributed by atoms with E-state index >= 15 is 0 Å². The van der Waals surface area contributed by atoms with E-state index in [1.54, 1.807) is 18.2 Å². The second-order valence-electron chi connectivity index (χ2n) is 6.50. The van der Waals surface area contributed by atoms with Gasteiger partial charge in [-0.15, -0.1) is 0 Å². The molecule has 2 aromatic carbocycles. The zero-order chi connectivity index (χ0) is 19.7. The Bertz CT molecular complexity index is 1090. The van der Waals surface area contributed by atoms with Crippen molar-refractivity contribution < 1.29 is 22.5 Å². The van der Waals surface area contributed by atoms with Crippen LogP contribution in [0.1, 0.15) is 10.5 Å². The van der Waals surface area contributed by atoms with E-state index in [4.69, 9.17) is 9.26 Å². The number of ether oxygens (including phenoxy) is 1. The van der Waals surface area contributed by atoms with Crippen LogP contribution in [-0.2, 0) is 9.84 Å². The average molecular weight is 398 g/mol. The lowest BCUT2D eigenvalue weighted by atomic mass is 10.1. The molecule has 0 unspecified atom stereocenters. The smallest absolute Gasteiger partial charge is 0.276 e. The first-order chi connectivity index (χ1) is 13.5. The van der Waals surface area contributed by atoms with Gasteiger partial charge in [-0.1, -0.05) is 35.5 Å². The molecule has 4 rings (SSSR count). The van der Waals surface area contributed by atoms with Gasteiger partial charge in [0.05, 0.1) is 12.0 Å². The number of carbonyl (C=O) groups excluding carboxylic acids is 1. The second-order valence-corrected chi connectivity index (χ2v) is 8.72. The Morgan fingerprint density at radius 1 is 1.11 bits per heavy atom. The summed E-state index contributed by atoms with van der Waals surface area (Å²) in [6, 6.07) is 17.1. The highest BCUT2D eigenvalue weighted by molar-refractivity contribution is 7.92. The zero-order valence-electron chi connectivity index (χ0n) is 15.1. The summed E-state index contributed by atoms with van der Waals surface area (Å²) in [4.78, 5) is 14.2. The standard InChI is InChI=1S/C20H18N2O5S/c1-26-15-7-9-16(10-8-15)28(24,25)17-12-22(13-17)20(23)18-11-19(27-21-18)14-5-3-2-4-6-14/h2-11,17H,12-13H2,1H3. The van der Waals surface area contributed by atoms with Crippen LogP contribution in [0.25, 0.3) is 11.3 Å². The van der Waals surface area contributed by atoms with E-state index in [1.807, 2.05) is 30.3 Å². The van der Waals surface area contributed by atoms with Gasteiger partial charge in [0, 0.05) is 24.7 Å². The molecule has 3 aromatic rings. The van der Waals surface area contributed by atoms with Crippen LogP contribution in [0.3, 0.4) is 0 Å². The fourth-order valence-electron chi connectivity index (χ4n) is 3.03. The van der Waals surface area contributed by atoms with Crippen molar-refractivity contribution in [1.82, 2.24) is 10.1 Å². The number of rotatable bonds is 5. The maximum Gasteiger partial charge on any atom is 0.276 e. The van der Waals surface area contributed by atoms with Crippen molar-refractivity contribution in [1.29, 1.82) is 0 Å². The van der Waals surface area contributed by atoms with E-state index in [9.17, 15) is 13.2 Å². The van der Waals surface area contributed by atoms with Crippen LogP contribution in [0.5, 0.6) is 5.75 Å². The fraction of sp³-hybridized carbons (Fsp3) is 0.200. The van der Waals surface area contributed by atoms with Gasteiger partial charge in [0.2, 0.25) is 0 Å². The largest absolute Gasteiger partial charge is 0.497 e. The molecule has 0 radical (unpaired) electrons. The molecule has 7 nitrogen and oxygen atoms in total. The monoisotopic (exact) mass is 398 g/mol. The van der Waals surface area contributed by atoms with Crippen LogP contribution < -0.4 is 4.74 Å². The van der Waals surface area contributed by atoms with Crippen molar-refractivity contribution in [2.45, 2.75) is 10.1 Å². The van der Waals surface area contributed by atoms with Crippen molar-refractivity contribution in [3.05, 3.63) is 66.4 Å². The van der Waals surface area contributed by atoms with E-state index in [-0.39, 0.29) is 29.6 Å². The third-order valence-corrected chi connectivity index (χ3v) is 6.85. The summed E-state index contributed by atoms with van der Waals surface area (Å²) in [6.07, 6.45) is 0. The highest BCUT2D eigenvalue weighted by Gasteiger charge is 2.41. The number of hydrogen-bond donors (Lipinski definition) is 0. The van der Waals surface area contributed by atoms with Crippen LogP contribution in [0, 0.1) is 0 Å². The molecule has 0 N–H and O–H groups in total. The lowest BCUT2D eigenvalue weighted by Gasteiger charge is -2.38. The summed E-state index contributed by atoms with van der Waals surface area (Å²) >= 11 is 0. The van der Waals surface area contributed by atoms with Crippen LogP contribution in [0.2, 0.25) is 0 Å². The molecule has 28 heavy (non-hydrogen) atoms. The number of likely N-dealkylation sites (tertiary alicyclic amines) is 1. The number of hydrogen-bond acceptors (Lipinski definition) is 6. The molecule has 1 amide bonds. The Hall–Kier alpha value is -3.13. The number of sulfone groups is 1. The summed E-state index contributed by atoms with van der Waals surface area (Å²) < 4.78 is 35.7. The predicted molar refractivity (Wildman–Crippen MR) is 102 cm³/mol. The molecule has 1 saturated heterocycles. The van der Waals surface area contributed by atoms with E-state index < -0.39 is 15.1 Å². The maximum absolute atomic E-state index is 12.7. The van der Waals surface area contributed by atoms with Crippen molar-refractivity contribution in [3.8, 4) is 17.1 Å². The summed E-state index contributed by atoms with van der Waals surface area (Å²) in [5, 5.41) is 3.20. The van der Waals surface area contributed by atoms with E-state index in [2.05, 4.69) is 5.16 Å². The maximum atomic E-state index is 12.7. The van der Waals surface area contributed by atoms with Crippen LogP contribution in [0.15, 0.2) is 70.1 Å². The quantitative estimate of drug-likeness (QED) is 0.656. The molecule has 0 spiro atoms. The summed E-state index contributed by atoms with van der Waals surface area (Å²) in [5.41, 5.74) is 0.983. The van der Waals surface area contributed by atoms with Crippen molar-refractivity contribution in [2.24, 2.45) is 0 Å². The number of carbonyl (C=O) groups is 1. The number of methoxy groups -OCH3 is 1. The molecular weight excluding hydrogens is 380 g/mol. The molecule has 1 aromatic heterocycles. The van der Waals surface area contributed by atoms with Gasteiger partial charge in [-0.25, -0.2) is 8.42 Å². The minimum absolute atomic E-state index is 0.126. The van der Waals surface area contributed by atoms with Gasteiger partial charge in [-0.05, 0) is 24.3 Å². The third kappa shape index (κ3) is 3.27. The molecular formula is C20H18N2O5S. The molecule has 1 aliphatic heterocycles. The molecule has 1 fully saturated rings. The van der Waals surface area contributed by atoms with Crippen LogP contribution in [0.4, 0.5) is 0 Å². The first-order valence-corrected chi connectivity index (χ1v) is 10.2. The van der Waals surface area contributed by atoms with Gasteiger partial charge in [-0.3, -0.25) is 4.79 Å². The minimum Gasteiger partial charge on any atom is -0.497 e. The van der Waals surface area contributed by atoms with E-state index in [0.29, 0.717) is 11.5 Å². The molecule has 0 atom stereocenters.